The van der Waals surface area contributed by atoms with Gasteiger partial charge in [-0.15, -0.1) is 6.58 Å². The van der Waals surface area contributed by atoms with E-state index >= 15 is 0 Å². The minimum absolute atomic E-state index is 0.0662. The third-order valence-electron chi connectivity index (χ3n) is 6.49. The number of aliphatic hydroxyl groups excluding tert-OH is 1. The number of carbonyl (C=O) groups is 3. The summed E-state index contributed by atoms with van der Waals surface area (Å²) in [6.45, 7) is 11.2. The molecule has 0 aliphatic carbocycles. The number of benzene rings is 2. The topological polar surface area (TPSA) is 108 Å². The van der Waals surface area contributed by atoms with Gasteiger partial charge in [-0.2, -0.15) is 0 Å². The molecule has 0 bridgehead atoms. The Morgan fingerprint density at radius 2 is 1.67 bits per heavy atom. The molecule has 8 nitrogen and oxygen atoms in total. The number of ether oxygens (including phenoxy) is 1. The van der Waals surface area contributed by atoms with Gasteiger partial charge in [0.15, 0.2) is 0 Å². The lowest BCUT2D eigenvalue weighted by Gasteiger charge is -2.25. The molecule has 0 saturated carbocycles. The Balaban J connectivity index is 2.20. The van der Waals surface area contributed by atoms with Crippen molar-refractivity contribution in [3.05, 3.63) is 82.9 Å². The second kappa shape index (κ2) is 18.0. The number of rotatable bonds is 18. The summed E-state index contributed by atoms with van der Waals surface area (Å²) in [5, 5.41) is 16.5. The van der Waals surface area contributed by atoms with Crippen LogP contribution in [0.1, 0.15) is 71.4 Å². The van der Waals surface area contributed by atoms with Gasteiger partial charge in [0.05, 0.1) is 25.4 Å². The van der Waals surface area contributed by atoms with Gasteiger partial charge in [-0.05, 0) is 74.1 Å². The highest BCUT2D eigenvalue weighted by atomic mass is 19.1. The van der Waals surface area contributed by atoms with Gasteiger partial charge in [0.1, 0.15) is 11.6 Å². The van der Waals surface area contributed by atoms with Gasteiger partial charge in [0, 0.05) is 43.2 Å². The van der Waals surface area contributed by atoms with E-state index in [-0.39, 0.29) is 55.4 Å². The molecule has 0 saturated heterocycles. The molecule has 0 spiro atoms. The second-order valence-electron chi connectivity index (χ2n) is 10.3. The van der Waals surface area contributed by atoms with E-state index in [2.05, 4.69) is 17.2 Å². The standard InChI is InChI=1S/C32H43F2N3O5/c1-5-11-37(12-6-2)32(41)25-16-22(4)15-24(20-25)31(40)36-28(19-23-17-26(33)21-27(34)18-23)29(38)8-10-35-30(39)9-14-42-13-7-3/h7,15-18,20-21,28-29,38H,3,5-6,8-14,19H2,1-2,4H3,(H,35,39)(H,36,40)/t28-,29+/m1/s1. The van der Waals surface area contributed by atoms with Crippen LogP contribution in [0.5, 0.6) is 0 Å². The lowest BCUT2D eigenvalue weighted by molar-refractivity contribution is -0.122. The van der Waals surface area contributed by atoms with Crippen LogP contribution in [0.25, 0.3) is 0 Å². The number of amides is 3. The number of carbonyl (C=O) groups excluding carboxylic acids is 3. The molecule has 0 heterocycles. The van der Waals surface area contributed by atoms with Gasteiger partial charge in [-0.1, -0.05) is 19.9 Å². The van der Waals surface area contributed by atoms with Crippen molar-refractivity contribution in [2.45, 2.75) is 65.0 Å². The van der Waals surface area contributed by atoms with Crippen molar-refractivity contribution in [3.8, 4) is 0 Å². The number of halogens is 2. The average Bonchev–Trinajstić information content (AvgIpc) is 2.93. The molecule has 0 aliphatic heterocycles. The quantitative estimate of drug-likeness (QED) is 0.178. The Bertz CT molecular complexity index is 1180. The monoisotopic (exact) mass is 587 g/mol. The summed E-state index contributed by atoms with van der Waals surface area (Å²) >= 11 is 0. The van der Waals surface area contributed by atoms with E-state index in [4.69, 9.17) is 4.74 Å². The first kappa shape index (κ1) is 34.6. The van der Waals surface area contributed by atoms with Crippen LogP contribution >= 0.6 is 0 Å². The van der Waals surface area contributed by atoms with Crippen LogP contribution in [0.15, 0.2) is 49.1 Å². The first-order valence-corrected chi connectivity index (χ1v) is 14.4. The zero-order valence-electron chi connectivity index (χ0n) is 24.8. The van der Waals surface area contributed by atoms with Gasteiger partial charge in [0.2, 0.25) is 5.91 Å². The fourth-order valence-corrected chi connectivity index (χ4v) is 4.57. The molecule has 0 fully saturated rings. The summed E-state index contributed by atoms with van der Waals surface area (Å²) in [6, 6.07) is 6.96. The van der Waals surface area contributed by atoms with E-state index in [1.165, 1.54) is 6.07 Å². The molecule has 2 aromatic rings. The predicted octanol–water partition coefficient (Wildman–Crippen LogP) is 4.34. The van der Waals surface area contributed by atoms with Gasteiger partial charge in [-0.3, -0.25) is 14.4 Å². The molecular formula is C32H43F2N3O5. The van der Waals surface area contributed by atoms with Crippen LogP contribution < -0.4 is 10.6 Å². The van der Waals surface area contributed by atoms with Crippen molar-refractivity contribution in [3.63, 3.8) is 0 Å². The maximum absolute atomic E-state index is 13.9. The summed E-state index contributed by atoms with van der Waals surface area (Å²) in [6.07, 6.45) is 2.16. The molecular weight excluding hydrogens is 544 g/mol. The summed E-state index contributed by atoms with van der Waals surface area (Å²) in [4.78, 5) is 40.4. The van der Waals surface area contributed by atoms with Crippen molar-refractivity contribution in [2.24, 2.45) is 0 Å². The molecule has 2 rings (SSSR count). The van der Waals surface area contributed by atoms with Crippen LogP contribution in [-0.2, 0) is 16.0 Å². The summed E-state index contributed by atoms with van der Waals surface area (Å²) in [5.41, 5.74) is 1.56. The summed E-state index contributed by atoms with van der Waals surface area (Å²) in [7, 11) is 0. The Morgan fingerprint density at radius 1 is 1.02 bits per heavy atom. The molecule has 2 atom stereocenters. The van der Waals surface area contributed by atoms with E-state index in [1.54, 1.807) is 30.0 Å². The predicted molar refractivity (Wildman–Crippen MR) is 158 cm³/mol. The number of nitrogens with one attached hydrogen (secondary N) is 2. The minimum atomic E-state index is -1.16. The fourth-order valence-electron chi connectivity index (χ4n) is 4.57. The average molecular weight is 588 g/mol. The Morgan fingerprint density at radius 3 is 2.29 bits per heavy atom. The van der Waals surface area contributed by atoms with E-state index < -0.39 is 29.7 Å². The van der Waals surface area contributed by atoms with Crippen LogP contribution in [-0.4, -0.2) is 72.7 Å². The van der Waals surface area contributed by atoms with Crippen molar-refractivity contribution < 1.29 is 33.0 Å². The van der Waals surface area contributed by atoms with E-state index in [1.807, 2.05) is 13.8 Å². The first-order chi connectivity index (χ1) is 20.1. The lowest BCUT2D eigenvalue weighted by atomic mass is 9.97. The number of hydrogen-bond acceptors (Lipinski definition) is 5. The maximum Gasteiger partial charge on any atom is 0.253 e. The maximum atomic E-state index is 13.9. The summed E-state index contributed by atoms with van der Waals surface area (Å²) < 4.78 is 33.0. The van der Waals surface area contributed by atoms with Crippen LogP contribution in [0.4, 0.5) is 8.78 Å². The zero-order chi connectivity index (χ0) is 31.1. The van der Waals surface area contributed by atoms with Gasteiger partial charge >= 0.3 is 0 Å². The largest absolute Gasteiger partial charge is 0.391 e. The zero-order valence-corrected chi connectivity index (χ0v) is 24.8. The molecule has 0 aliphatic rings. The highest BCUT2D eigenvalue weighted by Crippen LogP contribution is 2.16. The molecule has 0 unspecified atom stereocenters. The molecule has 42 heavy (non-hydrogen) atoms. The molecule has 2 aromatic carbocycles. The highest BCUT2D eigenvalue weighted by Gasteiger charge is 2.24. The smallest absolute Gasteiger partial charge is 0.253 e. The van der Waals surface area contributed by atoms with E-state index in [0.717, 1.165) is 31.0 Å². The molecule has 3 N–H and O–H groups in total. The normalized spacial score (nSPS) is 12.3. The second-order valence-corrected chi connectivity index (χ2v) is 10.3. The van der Waals surface area contributed by atoms with E-state index in [9.17, 15) is 28.3 Å². The molecule has 0 aromatic heterocycles. The van der Waals surface area contributed by atoms with Crippen LogP contribution in [0.2, 0.25) is 0 Å². The summed E-state index contributed by atoms with van der Waals surface area (Å²) in [5.74, 6) is -2.54. The molecule has 0 radical (unpaired) electrons. The minimum Gasteiger partial charge on any atom is -0.391 e. The van der Waals surface area contributed by atoms with Gasteiger partial charge in [-0.25, -0.2) is 8.78 Å². The number of hydrogen-bond donors (Lipinski definition) is 3. The SMILES string of the molecule is C=CCOCCC(=O)NCC[C@H](O)[C@@H](Cc1cc(F)cc(F)c1)NC(=O)c1cc(C)cc(C(=O)N(CCC)CCC)c1. The Hall–Kier alpha value is -3.63. The highest BCUT2D eigenvalue weighted by molar-refractivity contribution is 6.00. The third kappa shape index (κ3) is 11.7. The van der Waals surface area contributed by atoms with Crippen molar-refractivity contribution in [1.82, 2.24) is 15.5 Å². The van der Waals surface area contributed by atoms with Crippen LogP contribution in [0, 0.1) is 18.6 Å². The van der Waals surface area contributed by atoms with Gasteiger partial charge < -0.3 is 25.4 Å². The van der Waals surface area contributed by atoms with Crippen molar-refractivity contribution in [2.75, 3.05) is 32.8 Å². The lowest BCUT2D eigenvalue weighted by Crippen LogP contribution is -2.46. The molecule has 3 amide bonds. The van der Waals surface area contributed by atoms with Gasteiger partial charge in [0.25, 0.3) is 11.8 Å². The van der Waals surface area contributed by atoms with Crippen molar-refractivity contribution >= 4 is 17.7 Å². The number of aryl methyl sites for hydroxylation is 1. The fraction of sp³-hybridized carbons (Fsp3) is 0.469. The molecule has 10 heteroatoms. The first-order valence-electron chi connectivity index (χ1n) is 14.4. The van der Waals surface area contributed by atoms with Crippen LogP contribution in [0.3, 0.4) is 0 Å². The number of nitrogens with zero attached hydrogens (tertiary/aromatic N) is 1. The van der Waals surface area contributed by atoms with E-state index in [0.29, 0.717) is 30.8 Å². The van der Waals surface area contributed by atoms with Crippen molar-refractivity contribution in [1.29, 1.82) is 0 Å². The molecule has 230 valence electrons. The Labute approximate surface area is 247 Å². The third-order valence-corrected chi connectivity index (χ3v) is 6.49. The Kier molecular flexibility index (Phi) is 14.8. The number of aliphatic hydroxyl groups is 1.